The Morgan fingerprint density at radius 3 is 2.94 bits per heavy atom. The lowest BCUT2D eigenvalue weighted by Crippen LogP contribution is -2.07. The number of aromatic nitrogens is 2. The maximum atomic E-state index is 10.1. The largest absolute Gasteiger partial charge is 0.465 e. The lowest BCUT2D eigenvalue weighted by atomic mass is 10.2. The average Bonchev–Trinajstić information content (AvgIpc) is 2.97. The van der Waals surface area contributed by atoms with Crippen molar-refractivity contribution in [2.75, 3.05) is 0 Å². The first-order valence-electron chi connectivity index (χ1n) is 5.56. The van der Waals surface area contributed by atoms with Gasteiger partial charge < -0.3 is 14.1 Å². The molecule has 0 aliphatic heterocycles. The number of nitrogens with zero attached hydrogens (tertiary/aromatic N) is 2. The predicted octanol–water partition coefficient (Wildman–Crippen LogP) is 3.13. The van der Waals surface area contributed by atoms with Crippen LogP contribution >= 0.6 is 15.9 Å². The molecule has 18 heavy (non-hydrogen) atoms. The summed E-state index contributed by atoms with van der Waals surface area (Å²) in [5, 5.41) is 10.1. The third-order valence-electron chi connectivity index (χ3n) is 2.84. The van der Waals surface area contributed by atoms with Crippen LogP contribution in [0.25, 0.3) is 11.0 Å². The van der Waals surface area contributed by atoms with Gasteiger partial charge in [-0.2, -0.15) is 0 Å². The number of benzene rings is 1. The summed E-state index contributed by atoms with van der Waals surface area (Å²) >= 11 is 3.34. The molecule has 0 aliphatic carbocycles. The molecule has 0 spiro atoms. The molecule has 1 N–H and O–H groups in total. The Balaban J connectivity index is 1.91. The lowest BCUT2D eigenvalue weighted by Gasteiger charge is -2.10. The molecule has 0 fully saturated rings. The van der Waals surface area contributed by atoms with Gasteiger partial charge in [-0.3, -0.25) is 0 Å². The summed E-state index contributed by atoms with van der Waals surface area (Å²) < 4.78 is 7.95. The topological polar surface area (TPSA) is 51.2 Å². The molecule has 0 saturated heterocycles. The zero-order valence-electron chi connectivity index (χ0n) is 9.45. The number of rotatable bonds is 3. The quantitative estimate of drug-likeness (QED) is 0.809. The van der Waals surface area contributed by atoms with Gasteiger partial charge in [0, 0.05) is 0 Å². The molecule has 3 aromatic rings. The Morgan fingerprint density at radius 1 is 1.33 bits per heavy atom. The first-order valence-corrected chi connectivity index (χ1v) is 6.36. The van der Waals surface area contributed by atoms with Crippen LogP contribution in [0.3, 0.4) is 0 Å². The zero-order chi connectivity index (χ0) is 12.5. The number of hydrogen-bond acceptors (Lipinski definition) is 3. The molecule has 0 radical (unpaired) electrons. The van der Waals surface area contributed by atoms with E-state index in [1.165, 1.54) is 0 Å². The van der Waals surface area contributed by atoms with Crippen LogP contribution < -0.4 is 0 Å². The second-order valence-corrected chi connectivity index (χ2v) is 4.89. The van der Waals surface area contributed by atoms with Gasteiger partial charge in [0.15, 0.2) is 0 Å². The highest BCUT2D eigenvalue weighted by molar-refractivity contribution is 9.10. The molecule has 0 bridgehead atoms. The highest BCUT2D eigenvalue weighted by Crippen LogP contribution is 2.26. The van der Waals surface area contributed by atoms with Gasteiger partial charge in [0.25, 0.3) is 0 Å². The van der Waals surface area contributed by atoms with Crippen molar-refractivity contribution < 1.29 is 9.52 Å². The normalized spacial score (nSPS) is 13.0. The minimum absolute atomic E-state index is 0.409. The van der Waals surface area contributed by atoms with Crippen molar-refractivity contribution in [2.24, 2.45) is 0 Å². The molecule has 5 heteroatoms. The van der Waals surface area contributed by atoms with Crippen molar-refractivity contribution in [2.45, 2.75) is 12.6 Å². The van der Waals surface area contributed by atoms with E-state index in [4.69, 9.17) is 4.42 Å². The van der Waals surface area contributed by atoms with Gasteiger partial charge in [-0.25, -0.2) is 4.98 Å². The third-order valence-corrected chi connectivity index (χ3v) is 3.50. The predicted molar refractivity (Wildman–Crippen MR) is 71.1 cm³/mol. The van der Waals surface area contributed by atoms with Crippen molar-refractivity contribution in [3.63, 3.8) is 0 Å². The fourth-order valence-electron chi connectivity index (χ4n) is 1.97. The number of aliphatic hydroxyl groups is 1. The lowest BCUT2D eigenvalue weighted by molar-refractivity contribution is 0.130. The van der Waals surface area contributed by atoms with E-state index in [1.807, 2.05) is 28.8 Å². The Bertz CT molecular complexity index is 674. The standard InChI is InChI=1S/C13H11BrN2O2/c14-9-5-6-18-13(9)12(17)7-16-8-15-10-3-1-2-4-11(10)16/h1-6,8,12,17H,7H2. The van der Waals surface area contributed by atoms with Crippen LogP contribution in [-0.4, -0.2) is 14.7 Å². The summed E-state index contributed by atoms with van der Waals surface area (Å²) in [6.07, 6.45) is 2.58. The second kappa shape index (κ2) is 4.59. The molecule has 4 nitrogen and oxygen atoms in total. The van der Waals surface area contributed by atoms with E-state index in [9.17, 15) is 5.11 Å². The molecular formula is C13H11BrN2O2. The van der Waals surface area contributed by atoms with Crippen LogP contribution in [0.15, 0.2) is 51.8 Å². The SMILES string of the molecule is OC(Cn1cnc2ccccc21)c1occc1Br. The third kappa shape index (κ3) is 1.95. The van der Waals surface area contributed by atoms with Crippen molar-refractivity contribution in [1.29, 1.82) is 0 Å². The van der Waals surface area contributed by atoms with Gasteiger partial charge in [-0.15, -0.1) is 0 Å². The average molecular weight is 307 g/mol. The number of halogens is 1. The minimum Gasteiger partial charge on any atom is -0.465 e. The second-order valence-electron chi connectivity index (χ2n) is 4.03. The Labute approximate surface area is 112 Å². The fraction of sp³-hybridized carbons (Fsp3) is 0.154. The number of aliphatic hydroxyl groups excluding tert-OH is 1. The molecular weight excluding hydrogens is 296 g/mol. The fourth-order valence-corrected chi connectivity index (χ4v) is 2.43. The molecule has 0 amide bonds. The van der Waals surface area contributed by atoms with E-state index in [1.54, 1.807) is 18.7 Å². The number of fused-ring (bicyclic) bond motifs is 1. The minimum atomic E-state index is -0.702. The van der Waals surface area contributed by atoms with Crippen LogP contribution in [0.5, 0.6) is 0 Å². The van der Waals surface area contributed by atoms with Crippen LogP contribution in [0.1, 0.15) is 11.9 Å². The number of imidazole rings is 1. The number of para-hydroxylation sites is 2. The summed E-state index contributed by atoms with van der Waals surface area (Å²) in [5.74, 6) is 0.535. The first kappa shape index (κ1) is 11.5. The molecule has 1 aromatic carbocycles. The van der Waals surface area contributed by atoms with Crippen molar-refractivity contribution >= 4 is 27.0 Å². The van der Waals surface area contributed by atoms with Crippen molar-refractivity contribution in [3.05, 3.63) is 53.2 Å². The Hall–Kier alpha value is -1.59. The van der Waals surface area contributed by atoms with Gasteiger partial charge >= 0.3 is 0 Å². The Morgan fingerprint density at radius 2 is 2.17 bits per heavy atom. The molecule has 2 aromatic heterocycles. The summed E-state index contributed by atoms with van der Waals surface area (Å²) in [6.45, 7) is 0.409. The molecule has 3 rings (SSSR count). The summed E-state index contributed by atoms with van der Waals surface area (Å²) in [4.78, 5) is 4.28. The highest BCUT2D eigenvalue weighted by atomic mass is 79.9. The van der Waals surface area contributed by atoms with E-state index in [0.717, 1.165) is 15.5 Å². The number of furan rings is 1. The summed E-state index contributed by atoms with van der Waals surface area (Å²) in [7, 11) is 0. The van der Waals surface area contributed by atoms with E-state index >= 15 is 0 Å². The van der Waals surface area contributed by atoms with Crippen molar-refractivity contribution in [3.8, 4) is 0 Å². The van der Waals surface area contributed by atoms with E-state index in [2.05, 4.69) is 20.9 Å². The number of hydrogen-bond donors (Lipinski definition) is 1. The van der Waals surface area contributed by atoms with Crippen molar-refractivity contribution in [1.82, 2.24) is 9.55 Å². The molecule has 0 saturated carbocycles. The molecule has 0 aliphatic rings. The van der Waals surface area contributed by atoms with Gasteiger partial charge in [0.05, 0.1) is 34.6 Å². The summed E-state index contributed by atoms with van der Waals surface area (Å²) in [5.41, 5.74) is 1.92. The van der Waals surface area contributed by atoms with Crippen LogP contribution in [0, 0.1) is 0 Å². The monoisotopic (exact) mass is 306 g/mol. The highest BCUT2D eigenvalue weighted by Gasteiger charge is 2.16. The maximum Gasteiger partial charge on any atom is 0.148 e. The van der Waals surface area contributed by atoms with Gasteiger partial charge in [0.1, 0.15) is 11.9 Å². The van der Waals surface area contributed by atoms with E-state index < -0.39 is 6.10 Å². The zero-order valence-corrected chi connectivity index (χ0v) is 11.0. The van der Waals surface area contributed by atoms with Crippen LogP contribution in [0.4, 0.5) is 0 Å². The van der Waals surface area contributed by atoms with Gasteiger partial charge in [0.2, 0.25) is 0 Å². The maximum absolute atomic E-state index is 10.1. The van der Waals surface area contributed by atoms with Crippen LogP contribution in [0.2, 0.25) is 0 Å². The summed E-state index contributed by atoms with van der Waals surface area (Å²) in [6, 6.07) is 9.59. The molecule has 92 valence electrons. The molecule has 2 heterocycles. The van der Waals surface area contributed by atoms with Gasteiger partial charge in [-0.1, -0.05) is 12.1 Å². The van der Waals surface area contributed by atoms with Gasteiger partial charge in [-0.05, 0) is 34.1 Å². The first-order chi connectivity index (χ1) is 8.75. The van der Waals surface area contributed by atoms with Crippen LogP contribution in [-0.2, 0) is 6.54 Å². The molecule has 1 unspecified atom stereocenters. The smallest absolute Gasteiger partial charge is 0.148 e. The van der Waals surface area contributed by atoms with E-state index in [-0.39, 0.29) is 0 Å². The Kier molecular flexibility index (Phi) is 2.93. The molecule has 1 atom stereocenters. The van der Waals surface area contributed by atoms with E-state index in [0.29, 0.717) is 12.3 Å².